The van der Waals surface area contributed by atoms with Crippen LogP contribution in [0.25, 0.3) is 22.3 Å². The van der Waals surface area contributed by atoms with Gasteiger partial charge < -0.3 is 14.2 Å². The topological polar surface area (TPSA) is 135 Å². The van der Waals surface area contributed by atoms with Gasteiger partial charge in [0, 0.05) is 22.8 Å². The van der Waals surface area contributed by atoms with Gasteiger partial charge in [0.15, 0.2) is 17.3 Å². The van der Waals surface area contributed by atoms with E-state index in [1.165, 1.54) is 46.5 Å². The first-order valence-electron chi connectivity index (χ1n) is 10.7. The number of aryl methyl sites for hydroxylation is 1. The van der Waals surface area contributed by atoms with Crippen molar-refractivity contribution in [3.8, 4) is 28.6 Å². The molecule has 1 aromatic heterocycles. The lowest BCUT2D eigenvalue weighted by atomic mass is 10.1. The highest BCUT2D eigenvalue weighted by atomic mass is 16.6. The van der Waals surface area contributed by atoms with E-state index < -0.39 is 16.4 Å². The molecule has 36 heavy (non-hydrogen) atoms. The van der Waals surface area contributed by atoms with Gasteiger partial charge in [0.2, 0.25) is 5.75 Å². The van der Waals surface area contributed by atoms with Crippen molar-refractivity contribution in [2.45, 2.75) is 6.92 Å². The number of methoxy groups -OCH3 is 3. The average Bonchev–Trinajstić information content (AvgIpc) is 2.88. The van der Waals surface area contributed by atoms with Crippen molar-refractivity contribution in [3.63, 3.8) is 0 Å². The number of amides is 1. The summed E-state index contributed by atoms with van der Waals surface area (Å²) in [6.07, 6.45) is 0. The van der Waals surface area contributed by atoms with Gasteiger partial charge in [-0.1, -0.05) is 12.1 Å². The standard InChI is InChI=1S/C25H22N4O7/c1-14-11-15(9-10-19(14)29(32)33)24(30)27-28-23(26-18-8-6-5-7-17(18)25(28)31)16-12-20(34-2)22(36-4)21(13-16)35-3/h5-13H,1-4H3,(H,27,30). The maximum Gasteiger partial charge on any atom is 0.280 e. The van der Waals surface area contributed by atoms with E-state index in [1.807, 2.05) is 0 Å². The number of nitrogens with one attached hydrogen (secondary N) is 1. The predicted octanol–water partition coefficient (Wildman–Crippen LogP) is 3.69. The van der Waals surface area contributed by atoms with Crippen LogP contribution in [0.5, 0.6) is 17.2 Å². The predicted molar refractivity (Wildman–Crippen MR) is 133 cm³/mol. The van der Waals surface area contributed by atoms with Crippen molar-refractivity contribution in [2.75, 3.05) is 26.8 Å². The van der Waals surface area contributed by atoms with Crippen molar-refractivity contribution in [3.05, 3.63) is 86.2 Å². The van der Waals surface area contributed by atoms with Gasteiger partial charge in [0.25, 0.3) is 17.2 Å². The smallest absolute Gasteiger partial charge is 0.280 e. The largest absolute Gasteiger partial charge is 0.493 e. The summed E-state index contributed by atoms with van der Waals surface area (Å²) in [6, 6.07) is 13.9. The zero-order valence-electron chi connectivity index (χ0n) is 19.9. The number of nitro benzene ring substituents is 1. The molecular formula is C25H22N4O7. The summed E-state index contributed by atoms with van der Waals surface area (Å²) in [5.74, 6) is 0.478. The molecule has 0 fully saturated rings. The Kier molecular flexibility index (Phi) is 6.55. The van der Waals surface area contributed by atoms with Gasteiger partial charge >= 0.3 is 0 Å². The van der Waals surface area contributed by atoms with Crippen molar-refractivity contribution in [2.24, 2.45) is 0 Å². The fraction of sp³-hybridized carbons (Fsp3) is 0.160. The average molecular weight is 490 g/mol. The second-order valence-electron chi connectivity index (χ2n) is 7.71. The second kappa shape index (κ2) is 9.74. The molecule has 0 bridgehead atoms. The number of benzene rings is 3. The first-order chi connectivity index (χ1) is 17.3. The summed E-state index contributed by atoms with van der Waals surface area (Å²) in [5.41, 5.74) is 3.22. The second-order valence-corrected chi connectivity index (χ2v) is 7.71. The third-order valence-electron chi connectivity index (χ3n) is 5.57. The van der Waals surface area contributed by atoms with Gasteiger partial charge in [-0.2, -0.15) is 4.68 Å². The molecule has 1 N–H and O–H groups in total. The number of hydrogen-bond acceptors (Lipinski definition) is 8. The highest BCUT2D eigenvalue weighted by Crippen LogP contribution is 2.40. The monoisotopic (exact) mass is 490 g/mol. The Bertz CT molecular complexity index is 1540. The minimum Gasteiger partial charge on any atom is -0.493 e. The summed E-state index contributed by atoms with van der Waals surface area (Å²) < 4.78 is 17.3. The first-order valence-corrected chi connectivity index (χ1v) is 10.7. The van der Waals surface area contributed by atoms with Gasteiger partial charge in [-0.25, -0.2) is 4.98 Å². The maximum atomic E-state index is 13.5. The third-order valence-corrected chi connectivity index (χ3v) is 5.57. The molecule has 4 aromatic rings. The summed E-state index contributed by atoms with van der Waals surface area (Å²) in [4.78, 5) is 41.8. The molecule has 1 amide bonds. The fourth-order valence-electron chi connectivity index (χ4n) is 3.81. The number of fused-ring (bicyclic) bond motifs is 1. The summed E-state index contributed by atoms with van der Waals surface area (Å²) >= 11 is 0. The molecule has 4 rings (SSSR count). The minimum atomic E-state index is -0.652. The van der Waals surface area contributed by atoms with E-state index in [9.17, 15) is 19.7 Å². The van der Waals surface area contributed by atoms with Crippen LogP contribution >= 0.6 is 0 Å². The third kappa shape index (κ3) is 4.29. The van der Waals surface area contributed by atoms with Gasteiger partial charge in [-0.15, -0.1) is 0 Å². The Hall–Kier alpha value is -4.93. The van der Waals surface area contributed by atoms with Crippen molar-refractivity contribution in [1.29, 1.82) is 0 Å². The van der Waals surface area contributed by atoms with Crippen LogP contribution in [0, 0.1) is 17.0 Å². The van der Waals surface area contributed by atoms with Crippen molar-refractivity contribution in [1.82, 2.24) is 9.66 Å². The number of carbonyl (C=O) groups is 1. The Labute approximate surface area is 205 Å². The molecule has 0 aliphatic heterocycles. The van der Waals surface area contributed by atoms with Gasteiger partial charge in [-0.05, 0) is 43.3 Å². The maximum absolute atomic E-state index is 13.5. The molecule has 3 aromatic carbocycles. The van der Waals surface area contributed by atoms with Crippen LogP contribution in [0.2, 0.25) is 0 Å². The lowest BCUT2D eigenvalue weighted by molar-refractivity contribution is -0.385. The highest BCUT2D eigenvalue weighted by Gasteiger charge is 2.21. The van der Waals surface area contributed by atoms with E-state index in [2.05, 4.69) is 10.4 Å². The number of para-hydroxylation sites is 1. The number of hydrogen-bond donors (Lipinski definition) is 1. The Balaban J connectivity index is 1.90. The lowest BCUT2D eigenvalue weighted by Crippen LogP contribution is -2.35. The van der Waals surface area contributed by atoms with E-state index in [1.54, 1.807) is 36.4 Å². The molecule has 11 nitrogen and oxygen atoms in total. The zero-order chi connectivity index (χ0) is 26.0. The van der Waals surface area contributed by atoms with E-state index in [0.717, 1.165) is 4.68 Å². The molecular weight excluding hydrogens is 468 g/mol. The van der Waals surface area contributed by atoms with E-state index in [-0.39, 0.29) is 22.5 Å². The number of ether oxygens (including phenoxy) is 3. The molecule has 0 saturated heterocycles. The van der Waals surface area contributed by atoms with E-state index in [0.29, 0.717) is 33.9 Å². The minimum absolute atomic E-state index is 0.116. The number of nitrogens with zero attached hydrogens (tertiary/aromatic N) is 3. The molecule has 11 heteroatoms. The summed E-state index contributed by atoms with van der Waals surface area (Å²) in [7, 11) is 4.39. The van der Waals surface area contributed by atoms with Gasteiger partial charge in [0.1, 0.15) is 0 Å². The molecule has 0 spiro atoms. The first kappa shape index (κ1) is 24.2. The quantitative estimate of drug-likeness (QED) is 0.306. The number of nitro groups is 1. The molecule has 0 saturated carbocycles. The summed E-state index contributed by atoms with van der Waals surface area (Å²) in [5, 5.41) is 11.4. The fourth-order valence-corrected chi connectivity index (χ4v) is 3.81. The number of aromatic nitrogens is 2. The number of rotatable bonds is 7. The van der Waals surface area contributed by atoms with Crippen LogP contribution in [0.4, 0.5) is 5.69 Å². The SMILES string of the molecule is COc1cc(-c2nc3ccccc3c(=O)n2NC(=O)c2ccc([N+](=O)[O-])c(C)c2)cc(OC)c1OC. The van der Waals surface area contributed by atoms with Gasteiger partial charge in [0.05, 0.1) is 37.2 Å². The van der Waals surface area contributed by atoms with Crippen LogP contribution in [0.15, 0.2) is 59.4 Å². The molecule has 0 atom stereocenters. The van der Waals surface area contributed by atoms with Crippen LogP contribution in [-0.2, 0) is 0 Å². The van der Waals surface area contributed by atoms with E-state index in [4.69, 9.17) is 14.2 Å². The van der Waals surface area contributed by atoms with Gasteiger partial charge in [-0.3, -0.25) is 25.1 Å². The number of carbonyl (C=O) groups excluding carboxylic acids is 1. The van der Waals surface area contributed by atoms with E-state index >= 15 is 0 Å². The molecule has 1 heterocycles. The summed E-state index contributed by atoms with van der Waals surface area (Å²) in [6.45, 7) is 1.53. The normalized spacial score (nSPS) is 10.7. The molecule has 0 aliphatic rings. The Morgan fingerprint density at radius 3 is 2.25 bits per heavy atom. The Morgan fingerprint density at radius 2 is 1.67 bits per heavy atom. The Morgan fingerprint density at radius 1 is 1.00 bits per heavy atom. The van der Waals surface area contributed by atoms with Crippen LogP contribution < -0.4 is 25.2 Å². The molecule has 0 unspecified atom stereocenters. The molecule has 0 radical (unpaired) electrons. The van der Waals surface area contributed by atoms with Crippen molar-refractivity contribution < 1.29 is 23.9 Å². The van der Waals surface area contributed by atoms with Crippen molar-refractivity contribution >= 4 is 22.5 Å². The van der Waals surface area contributed by atoms with Crippen LogP contribution in [0.1, 0.15) is 15.9 Å². The molecule has 184 valence electrons. The zero-order valence-corrected chi connectivity index (χ0v) is 19.9. The van der Waals surface area contributed by atoms with Crippen LogP contribution in [-0.4, -0.2) is 41.8 Å². The van der Waals surface area contributed by atoms with Crippen LogP contribution in [0.3, 0.4) is 0 Å². The molecule has 0 aliphatic carbocycles. The highest BCUT2D eigenvalue weighted by molar-refractivity contribution is 6.00. The lowest BCUT2D eigenvalue weighted by Gasteiger charge is -2.17.